The third-order valence-electron chi connectivity index (χ3n) is 6.47. The summed E-state index contributed by atoms with van der Waals surface area (Å²) in [6, 6.07) is 4.06. The quantitative estimate of drug-likeness (QED) is 0.613. The van der Waals surface area contributed by atoms with E-state index in [-0.39, 0.29) is 41.6 Å². The highest BCUT2D eigenvalue weighted by molar-refractivity contribution is 6.23. The van der Waals surface area contributed by atoms with Crippen molar-refractivity contribution in [3.05, 3.63) is 29.3 Å². The Labute approximate surface area is 173 Å². The number of anilines is 1. The molecule has 1 aromatic carbocycles. The van der Waals surface area contributed by atoms with E-state index in [4.69, 9.17) is 4.74 Å². The average Bonchev–Trinajstić information content (AvgIpc) is 2.96. The van der Waals surface area contributed by atoms with E-state index in [2.05, 4.69) is 16.0 Å². The second kappa shape index (κ2) is 7.17. The normalized spacial score (nSPS) is 27.7. The number of rotatable bonds is 4. The van der Waals surface area contributed by atoms with E-state index < -0.39 is 23.8 Å². The molecule has 5 rings (SSSR count). The van der Waals surface area contributed by atoms with Gasteiger partial charge in [0.2, 0.25) is 11.8 Å². The van der Waals surface area contributed by atoms with E-state index in [9.17, 15) is 19.2 Å². The largest absolute Gasteiger partial charge is 0.382 e. The Kier molecular flexibility index (Phi) is 4.59. The van der Waals surface area contributed by atoms with Gasteiger partial charge in [-0.2, -0.15) is 0 Å². The lowest BCUT2D eigenvalue weighted by Gasteiger charge is -2.47. The van der Waals surface area contributed by atoms with Crippen molar-refractivity contribution in [1.82, 2.24) is 15.5 Å². The molecule has 4 amide bonds. The Bertz CT molecular complexity index is 941. The van der Waals surface area contributed by atoms with E-state index in [1.165, 1.54) is 6.42 Å². The van der Waals surface area contributed by atoms with Gasteiger partial charge in [-0.1, -0.05) is 0 Å². The summed E-state index contributed by atoms with van der Waals surface area (Å²) in [4.78, 5) is 50.2. The molecule has 0 aromatic heterocycles. The second-order valence-electron chi connectivity index (χ2n) is 8.50. The standard InChI is InChI=1S/C21H24N4O5/c26-17-5-4-16(18(27)24-17)25-19(28)14-3-2-12(8-15(14)20(25)29)23-10-13-9-22-11-21(30-13)6-1-7-21/h2-3,8,13,16,22-23H,1,4-7,9-11H2,(H,24,26,27). The number of nitrogens with one attached hydrogen (secondary N) is 3. The topological polar surface area (TPSA) is 117 Å². The molecule has 3 aliphatic heterocycles. The molecule has 2 atom stereocenters. The molecule has 9 nitrogen and oxygen atoms in total. The summed E-state index contributed by atoms with van der Waals surface area (Å²) < 4.78 is 6.25. The second-order valence-corrected chi connectivity index (χ2v) is 8.50. The molecule has 1 aromatic rings. The van der Waals surface area contributed by atoms with Crippen LogP contribution < -0.4 is 16.0 Å². The first-order valence-corrected chi connectivity index (χ1v) is 10.4. The van der Waals surface area contributed by atoms with Gasteiger partial charge >= 0.3 is 0 Å². The Balaban J connectivity index is 1.28. The van der Waals surface area contributed by atoms with Gasteiger partial charge in [-0.3, -0.25) is 29.4 Å². The third-order valence-corrected chi connectivity index (χ3v) is 6.47. The molecule has 158 valence electrons. The zero-order chi connectivity index (χ0) is 20.9. The molecule has 3 heterocycles. The number of nitrogens with zero attached hydrogens (tertiary/aromatic N) is 1. The minimum atomic E-state index is -0.952. The van der Waals surface area contributed by atoms with Gasteiger partial charge in [-0.25, -0.2) is 0 Å². The fourth-order valence-electron chi connectivity index (χ4n) is 4.69. The molecule has 9 heteroatoms. The van der Waals surface area contributed by atoms with Crippen molar-refractivity contribution in [2.75, 3.05) is 25.0 Å². The van der Waals surface area contributed by atoms with Crippen molar-refractivity contribution in [3.63, 3.8) is 0 Å². The van der Waals surface area contributed by atoms with E-state index >= 15 is 0 Å². The maximum atomic E-state index is 12.9. The summed E-state index contributed by atoms with van der Waals surface area (Å²) in [5.41, 5.74) is 1.25. The first kappa shape index (κ1) is 19.2. The summed E-state index contributed by atoms with van der Waals surface area (Å²) in [7, 11) is 0. The molecule has 3 N–H and O–H groups in total. The van der Waals surface area contributed by atoms with Crippen molar-refractivity contribution in [3.8, 4) is 0 Å². The zero-order valence-electron chi connectivity index (χ0n) is 16.5. The molecule has 1 spiro atoms. The van der Waals surface area contributed by atoms with Gasteiger partial charge in [-0.05, 0) is 43.9 Å². The number of hydrogen-bond acceptors (Lipinski definition) is 7. The van der Waals surface area contributed by atoms with Gasteiger partial charge in [0.15, 0.2) is 0 Å². The number of carbonyl (C=O) groups is 4. The zero-order valence-corrected chi connectivity index (χ0v) is 16.5. The molecule has 4 aliphatic rings. The minimum absolute atomic E-state index is 0.0205. The monoisotopic (exact) mass is 412 g/mol. The van der Waals surface area contributed by atoms with Crippen molar-refractivity contribution < 1.29 is 23.9 Å². The van der Waals surface area contributed by atoms with Crippen LogP contribution in [0, 0.1) is 0 Å². The highest BCUT2D eigenvalue weighted by Crippen LogP contribution is 2.37. The molecule has 30 heavy (non-hydrogen) atoms. The molecule has 1 aliphatic carbocycles. The maximum absolute atomic E-state index is 12.9. The first-order valence-electron chi connectivity index (χ1n) is 10.4. The lowest BCUT2D eigenvalue weighted by molar-refractivity contribution is -0.152. The number of imide groups is 2. The summed E-state index contributed by atoms with van der Waals surface area (Å²) in [5, 5.41) is 8.94. The number of morpholine rings is 1. The number of fused-ring (bicyclic) bond motifs is 1. The fourth-order valence-corrected chi connectivity index (χ4v) is 4.69. The van der Waals surface area contributed by atoms with Crippen molar-refractivity contribution in [2.24, 2.45) is 0 Å². The third kappa shape index (κ3) is 3.18. The number of amides is 4. The van der Waals surface area contributed by atoms with Gasteiger partial charge in [0.05, 0.1) is 22.8 Å². The average molecular weight is 412 g/mol. The molecule has 1 saturated carbocycles. The summed E-state index contributed by atoms with van der Waals surface area (Å²) >= 11 is 0. The maximum Gasteiger partial charge on any atom is 0.262 e. The molecular weight excluding hydrogens is 388 g/mol. The molecule has 2 saturated heterocycles. The van der Waals surface area contributed by atoms with Crippen molar-refractivity contribution in [2.45, 2.75) is 49.9 Å². The van der Waals surface area contributed by atoms with Crippen molar-refractivity contribution in [1.29, 1.82) is 0 Å². The van der Waals surface area contributed by atoms with Gasteiger partial charge in [0, 0.05) is 31.7 Å². The first-order chi connectivity index (χ1) is 14.5. The lowest BCUT2D eigenvalue weighted by Crippen LogP contribution is -2.58. The van der Waals surface area contributed by atoms with Gasteiger partial charge < -0.3 is 15.4 Å². The number of benzene rings is 1. The molecular formula is C21H24N4O5. The molecule has 0 bridgehead atoms. The lowest BCUT2D eigenvalue weighted by atomic mass is 9.79. The Morgan fingerprint density at radius 3 is 2.67 bits per heavy atom. The van der Waals surface area contributed by atoms with Crippen LogP contribution in [0.2, 0.25) is 0 Å². The van der Waals surface area contributed by atoms with Crippen LogP contribution in [-0.2, 0) is 14.3 Å². The summed E-state index contributed by atoms with van der Waals surface area (Å²) in [5.74, 6) is -1.99. The molecule has 2 unspecified atom stereocenters. The Hall–Kier alpha value is -2.78. The fraction of sp³-hybridized carbons (Fsp3) is 0.524. The van der Waals surface area contributed by atoms with E-state index in [0.29, 0.717) is 6.54 Å². The SMILES string of the molecule is O=C1CCC(N2C(=O)c3ccc(NCC4CNCC5(CCC5)O4)cc3C2=O)C(=O)N1. The molecule has 3 fully saturated rings. The Morgan fingerprint density at radius 2 is 1.93 bits per heavy atom. The summed E-state index contributed by atoms with van der Waals surface area (Å²) in [6.45, 7) is 2.25. The minimum Gasteiger partial charge on any atom is -0.382 e. The van der Waals surface area contributed by atoms with E-state index in [1.807, 2.05) is 0 Å². The summed E-state index contributed by atoms with van der Waals surface area (Å²) in [6.07, 6.45) is 3.66. The molecule has 0 radical (unpaired) electrons. The van der Waals surface area contributed by atoms with E-state index in [1.54, 1.807) is 18.2 Å². The Morgan fingerprint density at radius 1 is 1.13 bits per heavy atom. The smallest absolute Gasteiger partial charge is 0.262 e. The highest BCUT2D eigenvalue weighted by Gasteiger charge is 2.45. The predicted octanol–water partition coefficient (Wildman–Crippen LogP) is 0.411. The number of piperidine rings is 1. The van der Waals surface area contributed by atoms with Gasteiger partial charge in [-0.15, -0.1) is 0 Å². The van der Waals surface area contributed by atoms with Gasteiger partial charge in [0.1, 0.15) is 6.04 Å². The van der Waals surface area contributed by atoms with E-state index in [0.717, 1.165) is 36.5 Å². The predicted molar refractivity (Wildman–Crippen MR) is 106 cm³/mol. The van der Waals surface area contributed by atoms with Crippen molar-refractivity contribution >= 4 is 29.3 Å². The van der Waals surface area contributed by atoms with Crippen LogP contribution in [0.4, 0.5) is 5.69 Å². The highest BCUT2D eigenvalue weighted by atomic mass is 16.5. The van der Waals surface area contributed by atoms with Crippen LogP contribution >= 0.6 is 0 Å². The number of hydrogen-bond donors (Lipinski definition) is 3. The van der Waals surface area contributed by atoms with Crippen LogP contribution in [0.1, 0.15) is 52.8 Å². The van der Waals surface area contributed by atoms with Crippen LogP contribution in [0.5, 0.6) is 0 Å². The van der Waals surface area contributed by atoms with Crippen LogP contribution in [-0.4, -0.2) is 65.9 Å². The number of ether oxygens (including phenoxy) is 1. The van der Waals surface area contributed by atoms with Crippen LogP contribution in [0.25, 0.3) is 0 Å². The van der Waals surface area contributed by atoms with Crippen LogP contribution in [0.3, 0.4) is 0 Å². The number of carbonyl (C=O) groups excluding carboxylic acids is 4. The van der Waals surface area contributed by atoms with Crippen LogP contribution in [0.15, 0.2) is 18.2 Å². The van der Waals surface area contributed by atoms with Gasteiger partial charge in [0.25, 0.3) is 11.8 Å².